The highest BCUT2D eigenvalue weighted by atomic mass is 32.2. The first-order chi connectivity index (χ1) is 6.56. The molecule has 1 unspecified atom stereocenters. The van der Waals surface area contributed by atoms with Gasteiger partial charge in [0.05, 0.1) is 12.5 Å². The first-order valence-electron chi connectivity index (χ1n) is 4.89. The highest BCUT2D eigenvalue weighted by Crippen LogP contribution is 2.48. The Labute approximate surface area is 88.7 Å². The standard InChI is InChI=1S/C11H16O2S/c1-10(2)4-6-14-8-11(10,12)9-3-5-13-7-9/h3,5,7,12H,4,6,8H2,1-2H3. The predicted molar refractivity (Wildman–Crippen MR) is 58.3 cm³/mol. The summed E-state index contributed by atoms with van der Waals surface area (Å²) < 4.78 is 5.06. The van der Waals surface area contributed by atoms with Gasteiger partial charge in [-0.25, -0.2) is 0 Å². The molecule has 1 aromatic rings. The molecule has 1 atom stereocenters. The second kappa shape index (κ2) is 3.31. The molecule has 0 aliphatic carbocycles. The predicted octanol–water partition coefficient (Wildman–Crippen LogP) is 2.63. The zero-order chi connectivity index (χ0) is 10.2. The van der Waals surface area contributed by atoms with Crippen molar-refractivity contribution in [2.45, 2.75) is 25.9 Å². The van der Waals surface area contributed by atoms with Crippen LogP contribution < -0.4 is 0 Å². The van der Waals surface area contributed by atoms with Crippen molar-refractivity contribution in [3.8, 4) is 0 Å². The van der Waals surface area contributed by atoms with Crippen molar-refractivity contribution in [2.75, 3.05) is 11.5 Å². The van der Waals surface area contributed by atoms with Gasteiger partial charge in [0.25, 0.3) is 0 Å². The normalized spacial score (nSPS) is 31.6. The van der Waals surface area contributed by atoms with Gasteiger partial charge in [-0.15, -0.1) is 0 Å². The molecule has 0 amide bonds. The SMILES string of the molecule is CC1(C)CCSCC1(O)c1ccoc1. The summed E-state index contributed by atoms with van der Waals surface area (Å²) in [5, 5.41) is 10.7. The Hall–Kier alpha value is -0.410. The van der Waals surface area contributed by atoms with E-state index in [2.05, 4.69) is 13.8 Å². The van der Waals surface area contributed by atoms with E-state index in [1.807, 2.05) is 17.8 Å². The van der Waals surface area contributed by atoms with Crippen molar-refractivity contribution in [3.63, 3.8) is 0 Å². The Morgan fingerprint density at radius 2 is 2.29 bits per heavy atom. The Morgan fingerprint density at radius 1 is 1.50 bits per heavy atom. The van der Waals surface area contributed by atoms with E-state index in [4.69, 9.17) is 4.42 Å². The van der Waals surface area contributed by atoms with E-state index >= 15 is 0 Å². The Bertz CT molecular complexity index is 305. The van der Waals surface area contributed by atoms with Crippen LogP contribution in [0, 0.1) is 5.41 Å². The van der Waals surface area contributed by atoms with Crippen LogP contribution in [0.5, 0.6) is 0 Å². The maximum atomic E-state index is 10.7. The summed E-state index contributed by atoms with van der Waals surface area (Å²) in [6, 6.07) is 1.87. The molecule has 1 aliphatic heterocycles. The van der Waals surface area contributed by atoms with Crippen molar-refractivity contribution in [2.24, 2.45) is 5.41 Å². The van der Waals surface area contributed by atoms with Crippen LogP contribution >= 0.6 is 11.8 Å². The molecule has 0 saturated carbocycles. The van der Waals surface area contributed by atoms with E-state index in [9.17, 15) is 5.11 Å². The largest absolute Gasteiger partial charge is 0.472 e. The van der Waals surface area contributed by atoms with Crippen LogP contribution in [-0.4, -0.2) is 16.6 Å². The number of rotatable bonds is 1. The van der Waals surface area contributed by atoms with E-state index in [0.717, 1.165) is 23.5 Å². The molecule has 1 saturated heterocycles. The first-order valence-corrected chi connectivity index (χ1v) is 6.04. The first kappa shape index (κ1) is 10.1. The van der Waals surface area contributed by atoms with Gasteiger partial charge < -0.3 is 9.52 Å². The van der Waals surface area contributed by atoms with Gasteiger partial charge in [0, 0.05) is 11.3 Å². The summed E-state index contributed by atoms with van der Waals surface area (Å²) in [5.41, 5.74) is 0.111. The van der Waals surface area contributed by atoms with Crippen molar-refractivity contribution < 1.29 is 9.52 Å². The van der Waals surface area contributed by atoms with E-state index < -0.39 is 5.60 Å². The van der Waals surface area contributed by atoms with Crippen LogP contribution in [0.2, 0.25) is 0 Å². The highest BCUT2D eigenvalue weighted by Gasteiger charge is 2.47. The van der Waals surface area contributed by atoms with Gasteiger partial charge in [0.15, 0.2) is 0 Å². The molecule has 2 rings (SSSR count). The maximum Gasteiger partial charge on any atom is 0.107 e. The fourth-order valence-electron chi connectivity index (χ4n) is 1.92. The van der Waals surface area contributed by atoms with E-state index in [-0.39, 0.29) is 5.41 Å². The van der Waals surface area contributed by atoms with E-state index in [0.29, 0.717) is 0 Å². The van der Waals surface area contributed by atoms with Crippen molar-refractivity contribution in [1.29, 1.82) is 0 Å². The maximum absolute atomic E-state index is 10.7. The van der Waals surface area contributed by atoms with Gasteiger partial charge >= 0.3 is 0 Å². The monoisotopic (exact) mass is 212 g/mol. The van der Waals surface area contributed by atoms with Crippen LogP contribution in [0.3, 0.4) is 0 Å². The molecule has 78 valence electrons. The summed E-state index contributed by atoms with van der Waals surface area (Å²) in [6.07, 6.45) is 4.33. The molecule has 0 aromatic carbocycles. The third kappa shape index (κ3) is 1.39. The van der Waals surface area contributed by atoms with Crippen LogP contribution in [-0.2, 0) is 5.60 Å². The molecular formula is C11H16O2S. The average Bonchev–Trinajstić information content (AvgIpc) is 2.63. The quantitative estimate of drug-likeness (QED) is 0.777. The highest BCUT2D eigenvalue weighted by molar-refractivity contribution is 7.99. The molecule has 2 heterocycles. The van der Waals surface area contributed by atoms with Crippen LogP contribution in [0.15, 0.2) is 23.0 Å². The minimum atomic E-state index is -0.733. The van der Waals surface area contributed by atoms with Gasteiger partial charge in [0.1, 0.15) is 5.60 Å². The molecule has 0 bridgehead atoms. The molecule has 14 heavy (non-hydrogen) atoms. The van der Waals surface area contributed by atoms with Crippen LogP contribution in [0.1, 0.15) is 25.8 Å². The minimum absolute atomic E-state index is 0.0673. The Balaban J connectivity index is 2.37. The fraction of sp³-hybridized carbons (Fsp3) is 0.636. The number of aliphatic hydroxyl groups is 1. The lowest BCUT2D eigenvalue weighted by Crippen LogP contribution is -2.46. The molecule has 3 heteroatoms. The molecule has 1 aromatic heterocycles. The van der Waals surface area contributed by atoms with E-state index in [1.165, 1.54) is 0 Å². The van der Waals surface area contributed by atoms with Crippen molar-refractivity contribution >= 4 is 11.8 Å². The Morgan fingerprint density at radius 3 is 2.86 bits per heavy atom. The summed E-state index contributed by atoms with van der Waals surface area (Å²) >= 11 is 1.81. The third-order valence-electron chi connectivity index (χ3n) is 3.30. The van der Waals surface area contributed by atoms with Gasteiger partial charge in [-0.05, 0) is 23.7 Å². The summed E-state index contributed by atoms with van der Waals surface area (Å²) in [5.74, 6) is 1.90. The summed E-state index contributed by atoms with van der Waals surface area (Å²) in [4.78, 5) is 0. The smallest absolute Gasteiger partial charge is 0.107 e. The van der Waals surface area contributed by atoms with Crippen LogP contribution in [0.25, 0.3) is 0 Å². The number of hydrogen-bond acceptors (Lipinski definition) is 3. The Kier molecular flexibility index (Phi) is 2.40. The zero-order valence-electron chi connectivity index (χ0n) is 8.62. The summed E-state index contributed by atoms with van der Waals surface area (Å²) in [6.45, 7) is 4.25. The third-order valence-corrected chi connectivity index (χ3v) is 4.42. The van der Waals surface area contributed by atoms with Crippen LogP contribution in [0.4, 0.5) is 0 Å². The molecule has 0 radical (unpaired) electrons. The summed E-state index contributed by atoms with van der Waals surface area (Å²) in [7, 11) is 0. The molecule has 1 aliphatic rings. The lowest BCUT2D eigenvalue weighted by molar-refractivity contribution is -0.0582. The second-order valence-corrected chi connectivity index (χ2v) is 5.66. The second-order valence-electron chi connectivity index (χ2n) is 4.56. The number of thioether (sulfide) groups is 1. The fourth-order valence-corrected chi connectivity index (χ4v) is 3.58. The molecule has 2 nitrogen and oxygen atoms in total. The average molecular weight is 212 g/mol. The van der Waals surface area contributed by atoms with Crippen molar-refractivity contribution in [3.05, 3.63) is 24.2 Å². The van der Waals surface area contributed by atoms with Gasteiger partial charge in [-0.1, -0.05) is 13.8 Å². The lowest BCUT2D eigenvalue weighted by atomic mass is 9.70. The van der Waals surface area contributed by atoms with Gasteiger partial charge in [-0.3, -0.25) is 0 Å². The molecule has 1 N–H and O–H groups in total. The molecule has 1 fully saturated rings. The van der Waals surface area contributed by atoms with Crippen molar-refractivity contribution in [1.82, 2.24) is 0 Å². The van der Waals surface area contributed by atoms with E-state index in [1.54, 1.807) is 12.5 Å². The van der Waals surface area contributed by atoms with Gasteiger partial charge in [-0.2, -0.15) is 11.8 Å². The van der Waals surface area contributed by atoms with Gasteiger partial charge in [0.2, 0.25) is 0 Å². The number of hydrogen-bond donors (Lipinski definition) is 1. The molecule has 0 spiro atoms. The number of furan rings is 1. The lowest BCUT2D eigenvalue weighted by Gasteiger charge is -2.45. The minimum Gasteiger partial charge on any atom is -0.472 e. The molecular weight excluding hydrogens is 196 g/mol. The topological polar surface area (TPSA) is 33.4 Å². The zero-order valence-corrected chi connectivity index (χ0v) is 9.43.